The summed E-state index contributed by atoms with van der Waals surface area (Å²) in [6.07, 6.45) is 1.48. The number of rotatable bonds is 7. The van der Waals surface area contributed by atoms with Gasteiger partial charge in [0.25, 0.3) is 5.91 Å². The molecule has 0 bridgehead atoms. The number of benzene rings is 2. The number of nitrogens with zero attached hydrogens (tertiary/aromatic N) is 1. The average molecular weight is 406 g/mol. The summed E-state index contributed by atoms with van der Waals surface area (Å²) in [4.78, 5) is 12.3. The van der Waals surface area contributed by atoms with Crippen LogP contribution in [0.5, 0.6) is 0 Å². The maximum atomic E-state index is 14.1. The van der Waals surface area contributed by atoms with E-state index in [4.69, 9.17) is 4.74 Å². The lowest BCUT2D eigenvalue weighted by molar-refractivity contribution is 0.0730. The summed E-state index contributed by atoms with van der Waals surface area (Å²) in [5.74, 6) is -1.37. The van der Waals surface area contributed by atoms with Crippen molar-refractivity contribution in [3.8, 4) is 0 Å². The van der Waals surface area contributed by atoms with Gasteiger partial charge < -0.3 is 10.1 Å². The highest BCUT2D eigenvalue weighted by molar-refractivity contribution is 7.89. The fourth-order valence-electron chi connectivity index (χ4n) is 3.01. The third-order valence-corrected chi connectivity index (χ3v) is 6.46. The Labute approximate surface area is 164 Å². The number of amides is 1. The smallest absolute Gasteiger partial charge is 0.254 e. The molecule has 1 aliphatic heterocycles. The highest BCUT2D eigenvalue weighted by Gasteiger charge is 2.27. The lowest BCUT2D eigenvalue weighted by Crippen LogP contribution is -2.40. The Morgan fingerprint density at radius 3 is 2.54 bits per heavy atom. The molecule has 0 radical (unpaired) electrons. The van der Waals surface area contributed by atoms with E-state index in [1.807, 2.05) is 30.3 Å². The molecule has 0 aromatic heterocycles. The molecule has 2 aromatic carbocycles. The summed E-state index contributed by atoms with van der Waals surface area (Å²) in [6.45, 7) is 1.47. The van der Waals surface area contributed by atoms with Crippen LogP contribution < -0.4 is 5.32 Å². The molecule has 28 heavy (non-hydrogen) atoms. The Balaban J connectivity index is 1.64. The van der Waals surface area contributed by atoms with Crippen molar-refractivity contribution >= 4 is 15.9 Å². The van der Waals surface area contributed by atoms with Crippen LogP contribution in [0, 0.1) is 5.82 Å². The Bertz CT molecular complexity index is 913. The van der Waals surface area contributed by atoms with Crippen molar-refractivity contribution in [2.45, 2.75) is 17.7 Å². The third-order valence-electron chi connectivity index (χ3n) is 4.56. The minimum Gasteiger partial charge on any atom is -0.379 e. The predicted molar refractivity (Wildman–Crippen MR) is 103 cm³/mol. The van der Waals surface area contributed by atoms with Crippen LogP contribution in [0.2, 0.25) is 0 Å². The molecule has 1 N–H and O–H groups in total. The van der Waals surface area contributed by atoms with Gasteiger partial charge in [-0.25, -0.2) is 12.8 Å². The third kappa shape index (κ3) is 4.95. The van der Waals surface area contributed by atoms with E-state index in [-0.39, 0.29) is 23.5 Å². The van der Waals surface area contributed by atoms with Gasteiger partial charge in [-0.3, -0.25) is 4.79 Å². The van der Waals surface area contributed by atoms with Gasteiger partial charge in [0.15, 0.2) is 0 Å². The van der Waals surface area contributed by atoms with Gasteiger partial charge in [0, 0.05) is 19.6 Å². The Hall–Kier alpha value is -2.29. The van der Waals surface area contributed by atoms with Crippen molar-refractivity contribution in [2.24, 2.45) is 0 Å². The first-order valence-corrected chi connectivity index (χ1v) is 10.6. The van der Waals surface area contributed by atoms with Crippen LogP contribution >= 0.6 is 0 Å². The highest BCUT2D eigenvalue weighted by atomic mass is 32.2. The zero-order chi connectivity index (χ0) is 20.0. The molecule has 1 saturated heterocycles. The predicted octanol–water partition coefficient (Wildman–Crippen LogP) is 2.21. The first kappa shape index (κ1) is 20.4. The minimum absolute atomic E-state index is 0.0924. The van der Waals surface area contributed by atoms with E-state index in [0.717, 1.165) is 24.1 Å². The van der Waals surface area contributed by atoms with Crippen molar-refractivity contribution in [3.05, 3.63) is 65.5 Å². The largest absolute Gasteiger partial charge is 0.379 e. The van der Waals surface area contributed by atoms with Crippen molar-refractivity contribution in [1.82, 2.24) is 9.62 Å². The monoisotopic (exact) mass is 406 g/mol. The fraction of sp³-hybridized carbons (Fsp3) is 0.350. The normalized spacial score (nSPS) is 15.3. The van der Waals surface area contributed by atoms with E-state index in [1.165, 1.54) is 10.4 Å². The number of ether oxygens (including phenoxy) is 1. The van der Waals surface area contributed by atoms with Crippen molar-refractivity contribution in [2.75, 3.05) is 32.8 Å². The second-order valence-corrected chi connectivity index (χ2v) is 8.44. The maximum absolute atomic E-state index is 14.1. The number of hydrogen-bond acceptors (Lipinski definition) is 4. The number of nitrogens with one attached hydrogen (secondary N) is 1. The molecule has 6 nitrogen and oxygen atoms in total. The second kappa shape index (κ2) is 9.27. The minimum atomic E-state index is -3.79. The van der Waals surface area contributed by atoms with Crippen LogP contribution in [-0.2, 0) is 21.2 Å². The van der Waals surface area contributed by atoms with Crippen LogP contribution in [0.4, 0.5) is 4.39 Å². The molecule has 0 atom stereocenters. The Morgan fingerprint density at radius 2 is 1.82 bits per heavy atom. The summed E-state index contributed by atoms with van der Waals surface area (Å²) in [7, 11) is -3.79. The first-order chi connectivity index (χ1) is 13.5. The molecule has 0 saturated carbocycles. The molecule has 1 fully saturated rings. The molecule has 2 aromatic rings. The average Bonchev–Trinajstić information content (AvgIpc) is 2.72. The number of halogens is 1. The Morgan fingerprint density at radius 1 is 1.11 bits per heavy atom. The molecular formula is C20H23FN2O4S. The van der Waals surface area contributed by atoms with Gasteiger partial charge in [0.1, 0.15) is 5.82 Å². The molecule has 1 heterocycles. The lowest BCUT2D eigenvalue weighted by Gasteiger charge is -2.26. The second-order valence-electron chi connectivity index (χ2n) is 6.50. The molecule has 150 valence electrons. The van der Waals surface area contributed by atoms with Crippen molar-refractivity contribution in [3.63, 3.8) is 0 Å². The standard InChI is InChI=1S/C20H23FN2O4S/c21-19-9-8-17(28(25,26)23-11-13-27-14-12-23)15-18(19)20(24)22-10-4-7-16-5-2-1-3-6-16/h1-3,5-6,8-9,15H,4,7,10-14H2,(H,22,24). The fourth-order valence-corrected chi connectivity index (χ4v) is 4.44. The van der Waals surface area contributed by atoms with Crippen LogP contribution in [0.3, 0.4) is 0 Å². The van der Waals surface area contributed by atoms with E-state index < -0.39 is 21.7 Å². The highest BCUT2D eigenvalue weighted by Crippen LogP contribution is 2.20. The molecule has 0 aliphatic carbocycles. The topological polar surface area (TPSA) is 75.7 Å². The van der Waals surface area contributed by atoms with Crippen molar-refractivity contribution < 1.29 is 22.3 Å². The molecular weight excluding hydrogens is 383 g/mol. The van der Waals surface area contributed by atoms with E-state index in [1.54, 1.807) is 0 Å². The van der Waals surface area contributed by atoms with E-state index in [2.05, 4.69) is 5.32 Å². The summed E-state index contributed by atoms with van der Waals surface area (Å²) in [5.41, 5.74) is 0.885. The van der Waals surface area contributed by atoms with Gasteiger partial charge >= 0.3 is 0 Å². The molecule has 8 heteroatoms. The van der Waals surface area contributed by atoms with E-state index in [0.29, 0.717) is 26.2 Å². The maximum Gasteiger partial charge on any atom is 0.254 e. The molecule has 0 spiro atoms. The van der Waals surface area contributed by atoms with Gasteiger partial charge in [-0.15, -0.1) is 0 Å². The quantitative estimate of drug-likeness (QED) is 0.716. The van der Waals surface area contributed by atoms with Gasteiger partial charge in [-0.1, -0.05) is 30.3 Å². The summed E-state index contributed by atoms with van der Waals surface area (Å²) < 4.78 is 46.0. The number of carbonyl (C=O) groups is 1. The first-order valence-electron chi connectivity index (χ1n) is 9.18. The number of sulfonamides is 1. The van der Waals surface area contributed by atoms with E-state index in [9.17, 15) is 17.6 Å². The number of hydrogen-bond donors (Lipinski definition) is 1. The summed E-state index contributed by atoms with van der Waals surface area (Å²) in [5, 5.41) is 2.66. The lowest BCUT2D eigenvalue weighted by atomic mass is 10.1. The molecule has 3 rings (SSSR count). The van der Waals surface area contributed by atoms with Gasteiger partial charge in [0.05, 0.1) is 23.7 Å². The van der Waals surface area contributed by atoms with Crippen LogP contribution in [0.15, 0.2) is 53.4 Å². The molecule has 0 unspecified atom stereocenters. The number of carbonyl (C=O) groups excluding carboxylic acids is 1. The zero-order valence-electron chi connectivity index (χ0n) is 15.4. The van der Waals surface area contributed by atoms with Crippen LogP contribution in [-0.4, -0.2) is 51.5 Å². The van der Waals surface area contributed by atoms with E-state index >= 15 is 0 Å². The number of aryl methyl sites for hydroxylation is 1. The Kier molecular flexibility index (Phi) is 6.77. The summed E-state index contributed by atoms with van der Waals surface area (Å²) in [6, 6.07) is 13.1. The molecule has 1 amide bonds. The molecule has 1 aliphatic rings. The van der Waals surface area contributed by atoms with Crippen LogP contribution in [0.1, 0.15) is 22.3 Å². The van der Waals surface area contributed by atoms with Gasteiger partial charge in [-0.05, 0) is 36.6 Å². The summed E-state index contributed by atoms with van der Waals surface area (Å²) >= 11 is 0. The van der Waals surface area contributed by atoms with Crippen LogP contribution in [0.25, 0.3) is 0 Å². The van der Waals surface area contributed by atoms with Gasteiger partial charge in [0.2, 0.25) is 10.0 Å². The zero-order valence-corrected chi connectivity index (χ0v) is 16.3. The number of morpholine rings is 1. The van der Waals surface area contributed by atoms with Crippen molar-refractivity contribution in [1.29, 1.82) is 0 Å². The SMILES string of the molecule is O=C(NCCCc1ccccc1)c1cc(S(=O)(=O)N2CCOCC2)ccc1F. The van der Waals surface area contributed by atoms with Gasteiger partial charge in [-0.2, -0.15) is 4.31 Å².